The number of ether oxygens (including phenoxy) is 2. The van der Waals surface area contributed by atoms with E-state index in [2.05, 4.69) is 25.6 Å². The van der Waals surface area contributed by atoms with Gasteiger partial charge in [0.2, 0.25) is 0 Å². The van der Waals surface area contributed by atoms with Crippen LogP contribution in [-0.2, 0) is 5.41 Å². The van der Waals surface area contributed by atoms with E-state index in [0.717, 1.165) is 11.3 Å². The molecule has 0 N–H and O–H groups in total. The van der Waals surface area contributed by atoms with Gasteiger partial charge in [-0.3, -0.25) is 0 Å². The highest BCUT2D eigenvalue weighted by Gasteiger charge is 2.35. The number of benzene rings is 1. The Morgan fingerprint density at radius 3 is 2.86 bits per heavy atom. The number of rotatable bonds is 5. The highest BCUT2D eigenvalue weighted by molar-refractivity contribution is 5.52. The average Bonchev–Trinajstić information content (AvgIpc) is 2.76. The maximum atomic E-state index is 10.7. The van der Waals surface area contributed by atoms with Crippen LogP contribution in [0.25, 0.3) is 0 Å². The molecule has 0 spiro atoms. The van der Waals surface area contributed by atoms with Crippen molar-refractivity contribution >= 4 is 6.72 Å². The van der Waals surface area contributed by atoms with Crippen LogP contribution in [0.5, 0.6) is 11.5 Å². The first-order chi connectivity index (χ1) is 10.3. The molecule has 6 nitrogen and oxygen atoms in total. The van der Waals surface area contributed by atoms with E-state index in [1.54, 1.807) is 6.92 Å². The zero-order valence-corrected chi connectivity index (χ0v) is 12.8. The molecule has 1 aliphatic heterocycles. The lowest BCUT2D eigenvalue weighted by Gasteiger charge is -2.19. The second kappa shape index (κ2) is 6.01. The van der Waals surface area contributed by atoms with Gasteiger partial charge in [-0.05, 0) is 30.1 Å². The van der Waals surface area contributed by atoms with E-state index in [0.29, 0.717) is 18.1 Å². The third kappa shape index (κ3) is 3.16. The molecule has 2 rings (SSSR count). The van der Waals surface area contributed by atoms with E-state index >= 15 is 0 Å². The van der Waals surface area contributed by atoms with Gasteiger partial charge in [-0.15, -0.1) is 0 Å². The Morgan fingerprint density at radius 2 is 2.23 bits per heavy atom. The molecule has 1 aliphatic rings. The van der Waals surface area contributed by atoms with Crippen molar-refractivity contribution in [2.24, 2.45) is 4.99 Å². The van der Waals surface area contributed by atoms with Gasteiger partial charge in [0.25, 0.3) is 0 Å². The fourth-order valence-corrected chi connectivity index (χ4v) is 2.28. The van der Waals surface area contributed by atoms with Crippen LogP contribution >= 0.6 is 0 Å². The molecule has 116 valence electrons. The fourth-order valence-electron chi connectivity index (χ4n) is 2.28. The zero-order chi connectivity index (χ0) is 16.3. The van der Waals surface area contributed by atoms with E-state index in [1.807, 2.05) is 18.2 Å². The number of allylic oxidation sites excluding steroid dienone is 3. The van der Waals surface area contributed by atoms with E-state index in [1.165, 1.54) is 12.2 Å². The largest absolute Gasteiger partial charge is 0.492 e. The zero-order valence-electron chi connectivity index (χ0n) is 12.8. The van der Waals surface area contributed by atoms with Crippen molar-refractivity contribution in [1.29, 1.82) is 0 Å². The molecular weight excluding hydrogens is 284 g/mol. The lowest BCUT2D eigenvalue weighted by molar-refractivity contribution is -0.425. The Balaban J connectivity index is 2.27. The molecule has 0 radical (unpaired) electrons. The molecule has 1 heterocycles. The molecular formula is C16H18N2O4. The van der Waals surface area contributed by atoms with Crippen LogP contribution in [0.15, 0.2) is 46.9 Å². The summed E-state index contributed by atoms with van der Waals surface area (Å²) >= 11 is 0. The monoisotopic (exact) mass is 302 g/mol. The standard InChI is InChI=1S/C16H18N2O4/c1-11(8-9-14(17-4)18(19)20)22-13-7-5-6-12-15(13)16(2,3)10-21-12/h5-9H,4,10H2,1-3H3/b11-8+,14-9+. The summed E-state index contributed by atoms with van der Waals surface area (Å²) in [6.45, 7) is 9.64. The van der Waals surface area contributed by atoms with Crippen LogP contribution in [0, 0.1) is 10.1 Å². The highest BCUT2D eigenvalue weighted by atomic mass is 16.6. The Hall–Kier alpha value is -2.63. The quantitative estimate of drug-likeness (QED) is 0.274. The van der Waals surface area contributed by atoms with Crippen molar-refractivity contribution in [3.05, 3.63) is 57.6 Å². The smallest absolute Gasteiger partial charge is 0.362 e. The molecule has 0 aromatic heterocycles. The Morgan fingerprint density at radius 1 is 1.50 bits per heavy atom. The van der Waals surface area contributed by atoms with E-state index in [-0.39, 0.29) is 11.2 Å². The summed E-state index contributed by atoms with van der Waals surface area (Å²) in [6.07, 6.45) is 2.75. The van der Waals surface area contributed by atoms with E-state index in [9.17, 15) is 10.1 Å². The van der Waals surface area contributed by atoms with Crippen LogP contribution in [0.2, 0.25) is 0 Å². The minimum absolute atomic E-state index is 0.142. The number of fused-ring (bicyclic) bond motifs is 1. The van der Waals surface area contributed by atoms with E-state index < -0.39 is 4.92 Å². The molecule has 0 saturated carbocycles. The normalized spacial score (nSPS) is 16.7. The van der Waals surface area contributed by atoms with Crippen LogP contribution < -0.4 is 9.47 Å². The molecule has 0 bridgehead atoms. The second-order valence-electron chi connectivity index (χ2n) is 5.62. The maximum Gasteiger partial charge on any atom is 0.362 e. The summed E-state index contributed by atoms with van der Waals surface area (Å²) in [5, 5.41) is 10.7. The first kappa shape index (κ1) is 15.8. The second-order valence-corrected chi connectivity index (χ2v) is 5.62. The molecule has 0 aliphatic carbocycles. The number of nitro groups is 1. The Bertz CT molecular complexity index is 675. The number of hydrogen-bond acceptors (Lipinski definition) is 5. The summed E-state index contributed by atoms with van der Waals surface area (Å²) in [5.74, 6) is 1.69. The molecule has 1 aromatic rings. The van der Waals surface area contributed by atoms with Crippen LogP contribution in [0.1, 0.15) is 26.3 Å². The predicted octanol–water partition coefficient (Wildman–Crippen LogP) is 3.46. The van der Waals surface area contributed by atoms with Crippen LogP contribution in [-0.4, -0.2) is 18.2 Å². The SMILES string of the molecule is C=N/C(=C\C=C(/C)Oc1cccc2c1C(C)(C)CO2)[N+](=O)[O-]. The third-order valence-corrected chi connectivity index (χ3v) is 3.34. The summed E-state index contributed by atoms with van der Waals surface area (Å²) in [5.41, 5.74) is 0.861. The molecule has 0 saturated heterocycles. The maximum absolute atomic E-state index is 10.7. The summed E-state index contributed by atoms with van der Waals surface area (Å²) < 4.78 is 11.5. The van der Waals surface area contributed by atoms with Gasteiger partial charge in [-0.25, -0.2) is 0 Å². The number of hydrogen-bond donors (Lipinski definition) is 0. The van der Waals surface area contributed by atoms with Gasteiger partial charge in [-0.2, -0.15) is 0 Å². The molecule has 0 atom stereocenters. The van der Waals surface area contributed by atoms with Crippen LogP contribution in [0.4, 0.5) is 0 Å². The number of nitrogens with zero attached hydrogens (tertiary/aromatic N) is 2. The minimum Gasteiger partial charge on any atom is -0.492 e. The van der Waals surface area contributed by atoms with Crippen LogP contribution in [0.3, 0.4) is 0 Å². The van der Waals surface area contributed by atoms with Gasteiger partial charge < -0.3 is 19.6 Å². The molecule has 0 amide bonds. The molecule has 0 unspecified atom stereocenters. The Labute approximate surface area is 128 Å². The highest BCUT2D eigenvalue weighted by Crippen LogP contribution is 2.44. The van der Waals surface area contributed by atoms with Crippen molar-refractivity contribution in [2.45, 2.75) is 26.2 Å². The summed E-state index contributed by atoms with van der Waals surface area (Å²) in [7, 11) is 0. The van der Waals surface area contributed by atoms with Gasteiger partial charge >= 0.3 is 5.82 Å². The third-order valence-electron chi connectivity index (χ3n) is 3.34. The van der Waals surface area contributed by atoms with Crippen molar-refractivity contribution in [2.75, 3.05) is 6.61 Å². The first-order valence-corrected chi connectivity index (χ1v) is 6.79. The molecule has 22 heavy (non-hydrogen) atoms. The average molecular weight is 302 g/mol. The lowest BCUT2D eigenvalue weighted by Crippen LogP contribution is -2.19. The first-order valence-electron chi connectivity index (χ1n) is 6.79. The van der Waals surface area contributed by atoms with E-state index in [4.69, 9.17) is 9.47 Å². The van der Waals surface area contributed by atoms with Crippen molar-refractivity contribution in [3.8, 4) is 11.5 Å². The summed E-state index contributed by atoms with van der Waals surface area (Å²) in [6, 6.07) is 5.62. The van der Waals surface area contributed by atoms with Crippen molar-refractivity contribution in [1.82, 2.24) is 0 Å². The number of aliphatic imine (C=N–C) groups is 1. The lowest BCUT2D eigenvalue weighted by atomic mass is 9.86. The fraction of sp³-hybridized carbons (Fsp3) is 0.312. The molecule has 6 heteroatoms. The van der Waals surface area contributed by atoms with Gasteiger partial charge in [0.1, 0.15) is 24.0 Å². The van der Waals surface area contributed by atoms with Gasteiger partial charge in [0, 0.05) is 17.1 Å². The molecule has 1 aromatic carbocycles. The topological polar surface area (TPSA) is 74.0 Å². The van der Waals surface area contributed by atoms with Gasteiger partial charge in [-0.1, -0.05) is 24.9 Å². The van der Waals surface area contributed by atoms with Crippen molar-refractivity contribution < 1.29 is 14.4 Å². The Kier molecular flexibility index (Phi) is 4.30. The van der Waals surface area contributed by atoms with Crippen molar-refractivity contribution in [3.63, 3.8) is 0 Å². The summed E-state index contributed by atoms with van der Waals surface area (Å²) in [4.78, 5) is 13.4. The van der Waals surface area contributed by atoms with Gasteiger partial charge in [0.15, 0.2) is 0 Å². The molecule has 0 fully saturated rings. The predicted molar refractivity (Wildman–Crippen MR) is 84.0 cm³/mol. The minimum atomic E-state index is -0.603. The van der Waals surface area contributed by atoms with Gasteiger partial charge in [0.05, 0.1) is 6.61 Å².